The smallest absolute Gasteiger partial charge is 0.174 e. The molecule has 0 fully saturated rings. The fourth-order valence-electron chi connectivity index (χ4n) is 2.61. The number of nitrogens with zero attached hydrogens (tertiary/aromatic N) is 7. The molecule has 0 saturated carbocycles. The SMILES string of the molecule is Cc1cc(C)n(-c2cncc(NCc3nnc(C(C)C)n3C)n2)n1. The lowest BCUT2D eigenvalue weighted by atomic mass is 10.2. The van der Waals surface area contributed by atoms with Crippen LogP contribution in [0.1, 0.15) is 42.8 Å². The molecule has 0 aliphatic carbocycles. The molecule has 3 rings (SSSR count). The lowest BCUT2D eigenvalue weighted by molar-refractivity contribution is 0.692. The Balaban J connectivity index is 1.77. The summed E-state index contributed by atoms with van der Waals surface area (Å²) in [6.07, 6.45) is 3.39. The summed E-state index contributed by atoms with van der Waals surface area (Å²) < 4.78 is 3.79. The molecule has 24 heavy (non-hydrogen) atoms. The van der Waals surface area contributed by atoms with Gasteiger partial charge in [-0.2, -0.15) is 5.10 Å². The van der Waals surface area contributed by atoms with E-state index in [4.69, 9.17) is 0 Å². The summed E-state index contributed by atoms with van der Waals surface area (Å²) in [6, 6.07) is 2.01. The Morgan fingerprint density at radius 1 is 1.17 bits per heavy atom. The second-order valence-electron chi connectivity index (χ2n) is 6.14. The van der Waals surface area contributed by atoms with Gasteiger partial charge in [-0.15, -0.1) is 10.2 Å². The summed E-state index contributed by atoms with van der Waals surface area (Å²) in [6.45, 7) is 8.69. The summed E-state index contributed by atoms with van der Waals surface area (Å²) in [5, 5.41) is 16.2. The number of rotatable bonds is 5. The monoisotopic (exact) mass is 326 g/mol. The van der Waals surface area contributed by atoms with Gasteiger partial charge in [0.2, 0.25) is 0 Å². The molecule has 0 radical (unpaired) electrons. The zero-order valence-corrected chi connectivity index (χ0v) is 14.6. The first kappa shape index (κ1) is 16.1. The number of anilines is 1. The lowest BCUT2D eigenvalue weighted by Gasteiger charge is -2.09. The van der Waals surface area contributed by atoms with Crippen molar-refractivity contribution >= 4 is 5.82 Å². The fraction of sp³-hybridized carbons (Fsp3) is 0.438. The molecule has 3 aromatic rings. The summed E-state index contributed by atoms with van der Waals surface area (Å²) in [7, 11) is 1.98. The molecule has 8 nitrogen and oxygen atoms in total. The zero-order valence-electron chi connectivity index (χ0n) is 14.6. The van der Waals surface area contributed by atoms with Gasteiger partial charge in [0.05, 0.1) is 24.6 Å². The first-order valence-corrected chi connectivity index (χ1v) is 7.93. The largest absolute Gasteiger partial charge is 0.361 e. The normalized spacial score (nSPS) is 11.2. The van der Waals surface area contributed by atoms with Crippen molar-refractivity contribution < 1.29 is 0 Å². The van der Waals surface area contributed by atoms with E-state index in [-0.39, 0.29) is 0 Å². The van der Waals surface area contributed by atoms with E-state index in [9.17, 15) is 0 Å². The molecule has 0 bridgehead atoms. The van der Waals surface area contributed by atoms with E-state index in [1.807, 2.05) is 31.5 Å². The number of aromatic nitrogens is 7. The molecule has 0 saturated heterocycles. The maximum absolute atomic E-state index is 4.57. The molecule has 1 N–H and O–H groups in total. The zero-order chi connectivity index (χ0) is 17.3. The second-order valence-corrected chi connectivity index (χ2v) is 6.14. The third kappa shape index (κ3) is 3.12. The Hall–Kier alpha value is -2.77. The van der Waals surface area contributed by atoms with Crippen LogP contribution in [0.4, 0.5) is 5.82 Å². The highest BCUT2D eigenvalue weighted by atomic mass is 15.3. The van der Waals surface area contributed by atoms with Gasteiger partial charge in [-0.05, 0) is 19.9 Å². The van der Waals surface area contributed by atoms with Crippen LogP contribution in [0.15, 0.2) is 18.5 Å². The van der Waals surface area contributed by atoms with Crippen LogP contribution in [0.2, 0.25) is 0 Å². The second kappa shape index (κ2) is 6.38. The fourth-order valence-corrected chi connectivity index (χ4v) is 2.61. The Kier molecular flexibility index (Phi) is 4.28. The van der Waals surface area contributed by atoms with Crippen LogP contribution in [0, 0.1) is 13.8 Å². The van der Waals surface area contributed by atoms with Gasteiger partial charge in [0.25, 0.3) is 0 Å². The van der Waals surface area contributed by atoms with Crippen LogP contribution in [-0.2, 0) is 13.6 Å². The third-order valence-corrected chi connectivity index (χ3v) is 3.79. The van der Waals surface area contributed by atoms with Crippen LogP contribution in [0.3, 0.4) is 0 Å². The highest BCUT2D eigenvalue weighted by Crippen LogP contribution is 2.14. The molecule has 0 aliphatic rings. The van der Waals surface area contributed by atoms with Crippen LogP contribution >= 0.6 is 0 Å². The first-order valence-electron chi connectivity index (χ1n) is 7.93. The Morgan fingerprint density at radius 2 is 1.96 bits per heavy atom. The van der Waals surface area contributed by atoms with E-state index in [0.717, 1.165) is 23.0 Å². The minimum Gasteiger partial charge on any atom is -0.361 e. The minimum absolute atomic E-state index is 0.338. The predicted molar refractivity (Wildman–Crippen MR) is 91.0 cm³/mol. The van der Waals surface area contributed by atoms with Gasteiger partial charge in [0.15, 0.2) is 11.6 Å². The quantitative estimate of drug-likeness (QED) is 0.773. The molecule has 3 aromatic heterocycles. The van der Waals surface area contributed by atoms with Crippen LogP contribution in [0.5, 0.6) is 0 Å². The van der Waals surface area contributed by atoms with Crippen molar-refractivity contribution in [2.45, 2.75) is 40.2 Å². The average Bonchev–Trinajstić information content (AvgIpc) is 3.07. The predicted octanol–water partition coefficient (Wildman–Crippen LogP) is 2.14. The van der Waals surface area contributed by atoms with Crippen LogP contribution < -0.4 is 5.32 Å². The summed E-state index contributed by atoms with van der Waals surface area (Å²) in [5.74, 6) is 3.53. The van der Waals surface area contributed by atoms with E-state index in [1.165, 1.54) is 0 Å². The maximum Gasteiger partial charge on any atom is 0.174 e. The van der Waals surface area contributed by atoms with Crippen molar-refractivity contribution in [2.24, 2.45) is 7.05 Å². The average molecular weight is 326 g/mol. The highest BCUT2D eigenvalue weighted by molar-refractivity contribution is 5.36. The number of aryl methyl sites for hydroxylation is 2. The molecule has 0 unspecified atom stereocenters. The number of hydrogen-bond acceptors (Lipinski definition) is 6. The van der Waals surface area contributed by atoms with E-state index in [0.29, 0.717) is 24.1 Å². The van der Waals surface area contributed by atoms with Gasteiger partial charge in [-0.1, -0.05) is 13.8 Å². The van der Waals surface area contributed by atoms with Crippen molar-refractivity contribution in [1.82, 2.24) is 34.5 Å². The van der Waals surface area contributed by atoms with Gasteiger partial charge in [0.1, 0.15) is 11.6 Å². The molecule has 3 heterocycles. The summed E-state index contributed by atoms with van der Waals surface area (Å²) in [4.78, 5) is 8.82. The van der Waals surface area contributed by atoms with E-state index in [1.54, 1.807) is 17.1 Å². The molecular weight excluding hydrogens is 304 g/mol. The molecule has 0 atom stereocenters. The maximum atomic E-state index is 4.57. The van der Waals surface area contributed by atoms with E-state index < -0.39 is 0 Å². The highest BCUT2D eigenvalue weighted by Gasteiger charge is 2.12. The van der Waals surface area contributed by atoms with Gasteiger partial charge in [0, 0.05) is 18.7 Å². The topological polar surface area (TPSA) is 86.3 Å². The lowest BCUT2D eigenvalue weighted by Crippen LogP contribution is -2.10. The molecule has 8 heteroatoms. The Bertz CT molecular complexity index is 846. The van der Waals surface area contributed by atoms with Gasteiger partial charge < -0.3 is 9.88 Å². The van der Waals surface area contributed by atoms with Crippen molar-refractivity contribution in [3.8, 4) is 5.82 Å². The van der Waals surface area contributed by atoms with Crippen molar-refractivity contribution in [1.29, 1.82) is 0 Å². The number of hydrogen-bond donors (Lipinski definition) is 1. The van der Waals surface area contributed by atoms with Crippen LogP contribution in [0.25, 0.3) is 5.82 Å². The Labute approximate surface area is 141 Å². The third-order valence-electron chi connectivity index (χ3n) is 3.79. The summed E-state index contributed by atoms with van der Waals surface area (Å²) >= 11 is 0. The van der Waals surface area contributed by atoms with E-state index in [2.05, 4.69) is 44.4 Å². The summed E-state index contributed by atoms with van der Waals surface area (Å²) in [5.41, 5.74) is 1.97. The standard InChI is InChI=1S/C16H22N8/c1-10(2)16-21-20-15(23(16)5)9-18-13-7-17-8-14(19-13)24-12(4)6-11(3)22-24/h6-8,10H,9H2,1-5H3,(H,18,19). The van der Waals surface area contributed by atoms with Gasteiger partial charge >= 0.3 is 0 Å². The van der Waals surface area contributed by atoms with Gasteiger partial charge in [-0.25, -0.2) is 9.67 Å². The van der Waals surface area contributed by atoms with E-state index >= 15 is 0 Å². The molecule has 0 aliphatic heterocycles. The minimum atomic E-state index is 0.338. The molecule has 0 aromatic carbocycles. The molecule has 126 valence electrons. The first-order chi connectivity index (χ1) is 11.5. The van der Waals surface area contributed by atoms with Gasteiger partial charge in [-0.3, -0.25) is 4.98 Å². The van der Waals surface area contributed by atoms with Crippen LogP contribution in [-0.4, -0.2) is 34.5 Å². The Morgan fingerprint density at radius 3 is 2.58 bits per heavy atom. The molecular formula is C16H22N8. The molecule has 0 spiro atoms. The van der Waals surface area contributed by atoms with Crippen molar-refractivity contribution in [2.75, 3.05) is 5.32 Å². The molecule has 0 amide bonds. The number of nitrogens with one attached hydrogen (secondary N) is 1. The van der Waals surface area contributed by atoms with Crippen molar-refractivity contribution in [3.05, 3.63) is 41.5 Å². The van der Waals surface area contributed by atoms with Crippen molar-refractivity contribution in [3.63, 3.8) is 0 Å².